The van der Waals surface area contributed by atoms with Crippen molar-refractivity contribution in [1.29, 1.82) is 0 Å². The van der Waals surface area contributed by atoms with E-state index < -0.39 is 5.97 Å². The van der Waals surface area contributed by atoms with Gasteiger partial charge in [-0.3, -0.25) is 9.69 Å². The summed E-state index contributed by atoms with van der Waals surface area (Å²) in [6.45, 7) is 12.6. The monoisotopic (exact) mass is 621 g/mol. The number of aromatic carboxylic acids is 1. The minimum atomic E-state index is -1.01. The van der Waals surface area contributed by atoms with E-state index >= 15 is 0 Å². The molecule has 0 atom stereocenters. The molecule has 1 saturated heterocycles. The lowest BCUT2D eigenvalue weighted by Gasteiger charge is -2.39. The molecule has 0 spiro atoms. The number of carbonyl (C=O) groups excluding carboxylic acids is 1. The molecule has 2 aromatic rings. The SMILES string of the molecule is CC1CCC(C(=O)N(c2cc(C#CC(C)(C)C)sc2C(=O)O)C2CCC(Oc3cc(CN4CCOCC4)ccn3)CC2)CC1. The molecule has 9 heteroatoms. The van der Waals surface area contributed by atoms with Crippen molar-refractivity contribution >= 4 is 28.9 Å². The minimum absolute atomic E-state index is 0.000462. The average Bonchev–Trinajstić information content (AvgIpc) is 3.42. The summed E-state index contributed by atoms with van der Waals surface area (Å²) in [5, 5.41) is 10.2. The van der Waals surface area contributed by atoms with Gasteiger partial charge in [-0.15, -0.1) is 11.3 Å². The molecule has 3 aliphatic rings. The summed E-state index contributed by atoms with van der Waals surface area (Å²) in [6.07, 6.45) is 8.60. The zero-order chi connectivity index (χ0) is 31.3. The van der Waals surface area contributed by atoms with Gasteiger partial charge >= 0.3 is 5.97 Å². The Labute approximate surface area is 266 Å². The highest BCUT2D eigenvalue weighted by molar-refractivity contribution is 7.15. The van der Waals surface area contributed by atoms with Crippen molar-refractivity contribution in [1.82, 2.24) is 9.88 Å². The highest BCUT2D eigenvalue weighted by Gasteiger charge is 2.38. The van der Waals surface area contributed by atoms with Gasteiger partial charge < -0.3 is 19.5 Å². The first-order valence-corrected chi connectivity index (χ1v) is 17.0. The molecule has 3 fully saturated rings. The topological polar surface area (TPSA) is 92.2 Å². The van der Waals surface area contributed by atoms with Crippen LogP contribution in [0.3, 0.4) is 0 Å². The van der Waals surface area contributed by atoms with Crippen LogP contribution in [-0.4, -0.2) is 65.3 Å². The van der Waals surface area contributed by atoms with Crippen LogP contribution in [0, 0.1) is 29.1 Å². The Morgan fingerprint density at radius 1 is 1.09 bits per heavy atom. The number of anilines is 1. The van der Waals surface area contributed by atoms with Crippen LogP contribution in [-0.2, 0) is 16.1 Å². The van der Waals surface area contributed by atoms with Crippen LogP contribution in [0.1, 0.15) is 99.2 Å². The zero-order valence-electron chi connectivity index (χ0n) is 26.6. The van der Waals surface area contributed by atoms with E-state index in [1.807, 2.05) is 50.1 Å². The summed E-state index contributed by atoms with van der Waals surface area (Å²) >= 11 is 1.17. The normalized spacial score (nSPS) is 24.6. The quantitative estimate of drug-likeness (QED) is 0.331. The van der Waals surface area contributed by atoms with Gasteiger partial charge in [0.05, 0.1) is 23.8 Å². The summed E-state index contributed by atoms with van der Waals surface area (Å²) in [5.41, 5.74) is 1.47. The molecule has 44 heavy (non-hydrogen) atoms. The Morgan fingerprint density at radius 3 is 2.45 bits per heavy atom. The molecule has 1 amide bonds. The molecule has 0 radical (unpaired) electrons. The van der Waals surface area contributed by atoms with E-state index in [4.69, 9.17) is 9.47 Å². The molecular weight excluding hydrogens is 574 g/mol. The van der Waals surface area contributed by atoms with E-state index in [1.54, 1.807) is 0 Å². The number of hydrogen-bond acceptors (Lipinski definition) is 7. The molecule has 0 aromatic carbocycles. The Balaban J connectivity index is 1.32. The number of thiophene rings is 1. The van der Waals surface area contributed by atoms with Crippen LogP contribution in [0.4, 0.5) is 5.69 Å². The predicted octanol–water partition coefficient (Wildman–Crippen LogP) is 6.62. The van der Waals surface area contributed by atoms with Gasteiger partial charge in [0.1, 0.15) is 11.0 Å². The first kappa shape index (κ1) is 32.5. The number of carboxylic acid groups (broad SMARTS) is 1. The van der Waals surface area contributed by atoms with Crippen LogP contribution in [0.5, 0.6) is 5.88 Å². The fourth-order valence-electron chi connectivity index (χ4n) is 6.45. The summed E-state index contributed by atoms with van der Waals surface area (Å²) < 4.78 is 11.8. The van der Waals surface area contributed by atoms with Gasteiger partial charge in [-0.1, -0.05) is 18.8 Å². The van der Waals surface area contributed by atoms with E-state index in [9.17, 15) is 14.7 Å². The molecule has 0 bridgehead atoms. The van der Waals surface area contributed by atoms with Gasteiger partial charge in [-0.05, 0) is 95.8 Å². The fraction of sp³-hybridized carbons (Fsp3) is 0.629. The van der Waals surface area contributed by atoms with Gasteiger partial charge in [0.15, 0.2) is 0 Å². The first-order chi connectivity index (χ1) is 21.1. The Hall–Kier alpha value is -2.93. The molecule has 2 aromatic heterocycles. The van der Waals surface area contributed by atoms with E-state index in [1.165, 1.54) is 16.9 Å². The number of ether oxygens (including phenoxy) is 2. The number of hydrogen-bond donors (Lipinski definition) is 1. The molecule has 1 N–H and O–H groups in total. The van der Waals surface area contributed by atoms with E-state index in [-0.39, 0.29) is 34.3 Å². The van der Waals surface area contributed by atoms with Gasteiger partial charge in [0.25, 0.3) is 0 Å². The van der Waals surface area contributed by atoms with Crippen molar-refractivity contribution in [3.63, 3.8) is 0 Å². The molecule has 0 unspecified atom stereocenters. The van der Waals surface area contributed by atoms with Crippen LogP contribution in [0.15, 0.2) is 24.4 Å². The van der Waals surface area contributed by atoms with Crippen LogP contribution >= 0.6 is 11.3 Å². The van der Waals surface area contributed by atoms with E-state index in [0.717, 1.165) is 84.2 Å². The summed E-state index contributed by atoms with van der Waals surface area (Å²) in [6, 6.07) is 5.82. The second-order valence-corrected chi connectivity index (χ2v) is 14.8. The van der Waals surface area contributed by atoms with Crippen LogP contribution < -0.4 is 9.64 Å². The van der Waals surface area contributed by atoms with Crippen molar-refractivity contribution in [3.8, 4) is 17.7 Å². The first-order valence-electron chi connectivity index (χ1n) is 16.2. The van der Waals surface area contributed by atoms with Gasteiger partial charge in [-0.25, -0.2) is 9.78 Å². The minimum Gasteiger partial charge on any atom is -0.477 e. The Morgan fingerprint density at radius 2 is 1.80 bits per heavy atom. The standard InChI is InChI=1S/C35H47N3O5S/c1-24-5-7-26(8-6-24)33(39)38(30-22-29(13-15-35(2,3)4)44-32(30)34(40)41)27-9-11-28(12-10-27)43-31-21-25(14-16-36-31)23-37-17-19-42-20-18-37/h14,16,21-22,24,26-28H,5-12,17-20,23H2,1-4H3,(H,40,41). The molecular formula is C35H47N3O5S. The molecule has 3 heterocycles. The number of nitrogens with zero attached hydrogens (tertiary/aromatic N) is 3. The smallest absolute Gasteiger partial charge is 0.348 e. The number of aromatic nitrogens is 1. The van der Waals surface area contributed by atoms with Crippen molar-refractivity contribution in [2.45, 2.75) is 97.8 Å². The average molecular weight is 622 g/mol. The van der Waals surface area contributed by atoms with E-state index in [2.05, 4.69) is 28.6 Å². The highest BCUT2D eigenvalue weighted by Crippen LogP contribution is 2.39. The Kier molecular flexibility index (Phi) is 10.7. The number of carboxylic acids is 1. The second-order valence-electron chi connectivity index (χ2n) is 13.7. The third-order valence-corrected chi connectivity index (χ3v) is 9.96. The molecule has 238 valence electrons. The summed E-state index contributed by atoms with van der Waals surface area (Å²) in [4.78, 5) is 36.3. The maximum atomic E-state index is 14.2. The molecule has 2 saturated carbocycles. The number of morpholine rings is 1. The van der Waals surface area contributed by atoms with Crippen LogP contribution in [0.2, 0.25) is 0 Å². The van der Waals surface area contributed by atoms with E-state index in [0.29, 0.717) is 22.4 Å². The van der Waals surface area contributed by atoms with Gasteiger partial charge in [0.2, 0.25) is 11.8 Å². The zero-order valence-corrected chi connectivity index (χ0v) is 27.5. The largest absolute Gasteiger partial charge is 0.477 e. The van der Waals surface area contributed by atoms with Crippen molar-refractivity contribution in [3.05, 3.63) is 39.7 Å². The van der Waals surface area contributed by atoms with Crippen LogP contribution in [0.25, 0.3) is 0 Å². The lowest BCUT2D eigenvalue weighted by atomic mass is 9.81. The Bertz CT molecular complexity index is 1350. The summed E-state index contributed by atoms with van der Waals surface area (Å²) in [5.74, 6) is 6.63. The lowest BCUT2D eigenvalue weighted by Crippen LogP contribution is -2.47. The second kappa shape index (κ2) is 14.4. The summed E-state index contributed by atoms with van der Waals surface area (Å²) in [7, 11) is 0. The lowest BCUT2D eigenvalue weighted by molar-refractivity contribution is -0.124. The number of carbonyl (C=O) groups is 2. The third-order valence-electron chi connectivity index (χ3n) is 8.93. The maximum Gasteiger partial charge on any atom is 0.348 e. The van der Waals surface area contributed by atoms with Crippen molar-refractivity contribution in [2.75, 3.05) is 31.2 Å². The van der Waals surface area contributed by atoms with Crippen molar-refractivity contribution in [2.24, 2.45) is 17.3 Å². The van der Waals surface area contributed by atoms with Gasteiger partial charge in [-0.2, -0.15) is 0 Å². The number of rotatable bonds is 8. The molecule has 2 aliphatic carbocycles. The molecule has 5 rings (SSSR count). The predicted molar refractivity (Wildman–Crippen MR) is 173 cm³/mol. The fourth-order valence-corrected chi connectivity index (χ4v) is 7.29. The third kappa shape index (κ3) is 8.62. The van der Waals surface area contributed by atoms with Crippen molar-refractivity contribution < 1.29 is 24.2 Å². The molecule has 8 nitrogen and oxygen atoms in total. The molecule has 1 aliphatic heterocycles. The number of amides is 1. The maximum absolute atomic E-state index is 14.2. The van der Waals surface area contributed by atoms with Gasteiger partial charge in [0, 0.05) is 49.3 Å². The highest BCUT2D eigenvalue weighted by atomic mass is 32.1. The number of pyridine rings is 1.